The third kappa shape index (κ3) is 2.66. The lowest BCUT2D eigenvalue weighted by molar-refractivity contribution is 0.318. The summed E-state index contributed by atoms with van der Waals surface area (Å²) >= 11 is 5.78. The highest BCUT2D eigenvalue weighted by Gasteiger charge is 2.04. The maximum absolute atomic E-state index is 12.7. The van der Waals surface area contributed by atoms with Crippen molar-refractivity contribution in [3.05, 3.63) is 34.9 Å². The van der Waals surface area contributed by atoms with Crippen molar-refractivity contribution in [2.75, 3.05) is 6.61 Å². The fourth-order valence-electron chi connectivity index (χ4n) is 1.13. The molecule has 0 spiro atoms. The second-order valence-electron chi connectivity index (χ2n) is 3.00. The van der Waals surface area contributed by atoms with Crippen molar-refractivity contribution in [2.45, 2.75) is 6.42 Å². The summed E-state index contributed by atoms with van der Waals surface area (Å²) in [6, 6.07) is 3.97. The van der Waals surface area contributed by atoms with E-state index in [9.17, 15) is 4.39 Å². The predicted octanol–water partition coefficient (Wildman–Crippen LogP) is 1.61. The third-order valence-corrected chi connectivity index (χ3v) is 2.16. The Morgan fingerprint density at radius 1 is 1.44 bits per heavy atom. The molecule has 1 heterocycles. The van der Waals surface area contributed by atoms with E-state index < -0.39 is 5.82 Å². The number of aromatic nitrogens is 4. The number of benzene rings is 1. The molecular formula is C9H8ClFN4O. The molecule has 0 saturated heterocycles. The molecule has 5 nitrogen and oxygen atoms in total. The van der Waals surface area contributed by atoms with Crippen LogP contribution in [0.2, 0.25) is 5.02 Å². The van der Waals surface area contributed by atoms with E-state index in [1.165, 1.54) is 18.2 Å². The molecule has 0 amide bonds. The largest absolute Gasteiger partial charge is 0.492 e. The highest BCUT2D eigenvalue weighted by Crippen LogP contribution is 2.24. The molecule has 0 bridgehead atoms. The monoisotopic (exact) mass is 242 g/mol. The van der Waals surface area contributed by atoms with Crippen LogP contribution in [0, 0.1) is 5.82 Å². The van der Waals surface area contributed by atoms with Crippen LogP contribution in [0.25, 0.3) is 0 Å². The zero-order valence-electron chi connectivity index (χ0n) is 8.15. The van der Waals surface area contributed by atoms with Gasteiger partial charge in [-0.2, -0.15) is 5.21 Å². The van der Waals surface area contributed by atoms with Gasteiger partial charge in [0.1, 0.15) is 11.6 Å². The molecule has 0 aliphatic rings. The molecule has 0 unspecified atom stereocenters. The van der Waals surface area contributed by atoms with Crippen LogP contribution >= 0.6 is 11.6 Å². The molecule has 7 heteroatoms. The lowest BCUT2D eigenvalue weighted by Gasteiger charge is -2.06. The van der Waals surface area contributed by atoms with E-state index >= 15 is 0 Å². The van der Waals surface area contributed by atoms with Crippen LogP contribution in [0.5, 0.6) is 5.75 Å². The maximum atomic E-state index is 12.7. The van der Waals surface area contributed by atoms with Gasteiger partial charge in [0.25, 0.3) is 0 Å². The highest BCUT2D eigenvalue weighted by atomic mass is 35.5. The molecule has 2 aromatic rings. The summed E-state index contributed by atoms with van der Waals surface area (Å²) in [5.74, 6) is 0.598. The van der Waals surface area contributed by atoms with Crippen LogP contribution in [0.3, 0.4) is 0 Å². The summed E-state index contributed by atoms with van der Waals surface area (Å²) in [4.78, 5) is 0. The first-order valence-corrected chi connectivity index (χ1v) is 4.93. The van der Waals surface area contributed by atoms with E-state index in [-0.39, 0.29) is 5.02 Å². The van der Waals surface area contributed by atoms with Crippen LogP contribution in [0.1, 0.15) is 5.82 Å². The summed E-state index contributed by atoms with van der Waals surface area (Å²) in [7, 11) is 0. The van der Waals surface area contributed by atoms with Crippen LogP contribution in [-0.4, -0.2) is 27.2 Å². The molecule has 0 fully saturated rings. The normalized spacial score (nSPS) is 10.4. The topological polar surface area (TPSA) is 63.7 Å². The van der Waals surface area contributed by atoms with Crippen LogP contribution < -0.4 is 4.74 Å². The van der Waals surface area contributed by atoms with Crippen molar-refractivity contribution >= 4 is 11.6 Å². The van der Waals surface area contributed by atoms with Gasteiger partial charge in [0, 0.05) is 6.42 Å². The first kappa shape index (κ1) is 10.8. The number of H-pyrrole nitrogens is 1. The average molecular weight is 243 g/mol. The smallest absolute Gasteiger partial charge is 0.177 e. The van der Waals surface area contributed by atoms with Crippen molar-refractivity contribution in [3.8, 4) is 5.75 Å². The fraction of sp³-hybridized carbons (Fsp3) is 0.222. The molecule has 1 aromatic heterocycles. The lowest BCUT2D eigenvalue weighted by atomic mass is 10.3. The van der Waals surface area contributed by atoms with Crippen molar-refractivity contribution in [2.24, 2.45) is 0 Å². The van der Waals surface area contributed by atoms with Gasteiger partial charge in [0.15, 0.2) is 5.82 Å². The number of hydrogen-bond acceptors (Lipinski definition) is 4. The Morgan fingerprint density at radius 2 is 2.31 bits per heavy atom. The Morgan fingerprint density at radius 3 is 3.00 bits per heavy atom. The molecular weight excluding hydrogens is 235 g/mol. The second kappa shape index (κ2) is 4.89. The summed E-state index contributed by atoms with van der Waals surface area (Å²) in [5, 5.41) is 13.5. The molecule has 84 valence electrons. The summed E-state index contributed by atoms with van der Waals surface area (Å²) in [6.07, 6.45) is 0.504. The first-order valence-electron chi connectivity index (χ1n) is 4.56. The number of nitrogens with zero attached hydrogens (tertiary/aromatic N) is 3. The SMILES string of the molecule is Fc1ccc(OCCc2nn[nH]n2)c(Cl)c1. The molecule has 1 aromatic carbocycles. The van der Waals surface area contributed by atoms with Gasteiger partial charge < -0.3 is 4.74 Å². The molecule has 0 radical (unpaired) electrons. The first-order chi connectivity index (χ1) is 7.75. The zero-order chi connectivity index (χ0) is 11.4. The van der Waals surface area contributed by atoms with Crippen molar-refractivity contribution in [1.29, 1.82) is 0 Å². The Bertz CT molecular complexity index is 463. The standard InChI is InChI=1S/C9H8ClFN4O/c10-7-5-6(11)1-2-8(7)16-4-3-9-12-14-15-13-9/h1-2,5H,3-4H2,(H,12,13,14,15). The molecule has 0 aliphatic carbocycles. The molecule has 0 saturated carbocycles. The highest BCUT2D eigenvalue weighted by molar-refractivity contribution is 6.32. The Labute approximate surface area is 95.6 Å². The van der Waals surface area contributed by atoms with Gasteiger partial charge in [-0.1, -0.05) is 16.8 Å². The molecule has 1 N–H and O–H groups in total. The number of halogens is 2. The summed E-state index contributed by atoms with van der Waals surface area (Å²) in [5.41, 5.74) is 0. The van der Waals surface area contributed by atoms with Crippen LogP contribution in [0.4, 0.5) is 4.39 Å². The lowest BCUT2D eigenvalue weighted by Crippen LogP contribution is -2.03. The quantitative estimate of drug-likeness (QED) is 0.885. The minimum atomic E-state index is -0.393. The van der Waals surface area contributed by atoms with E-state index in [2.05, 4.69) is 20.6 Å². The molecule has 2 rings (SSSR count). The number of hydrogen-bond donors (Lipinski definition) is 1. The van der Waals surface area contributed by atoms with Gasteiger partial charge in [-0.3, -0.25) is 0 Å². The van der Waals surface area contributed by atoms with Gasteiger partial charge in [-0.25, -0.2) is 4.39 Å². The minimum Gasteiger partial charge on any atom is -0.492 e. The number of rotatable bonds is 4. The van der Waals surface area contributed by atoms with Crippen molar-refractivity contribution < 1.29 is 9.13 Å². The molecule has 0 aliphatic heterocycles. The van der Waals surface area contributed by atoms with Gasteiger partial charge in [0.05, 0.1) is 11.6 Å². The third-order valence-electron chi connectivity index (χ3n) is 1.87. The summed E-state index contributed by atoms with van der Waals surface area (Å²) in [6.45, 7) is 0.352. The molecule has 16 heavy (non-hydrogen) atoms. The van der Waals surface area contributed by atoms with Gasteiger partial charge in [-0.05, 0) is 18.2 Å². The van der Waals surface area contributed by atoms with E-state index in [0.29, 0.717) is 24.6 Å². The van der Waals surface area contributed by atoms with E-state index in [0.717, 1.165) is 0 Å². The van der Waals surface area contributed by atoms with Crippen molar-refractivity contribution in [1.82, 2.24) is 20.6 Å². The van der Waals surface area contributed by atoms with Crippen molar-refractivity contribution in [3.63, 3.8) is 0 Å². The zero-order valence-corrected chi connectivity index (χ0v) is 8.91. The maximum Gasteiger partial charge on any atom is 0.177 e. The van der Waals surface area contributed by atoms with Gasteiger partial charge in [0.2, 0.25) is 0 Å². The Kier molecular flexibility index (Phi) is 3.31. The van der Waals surface area contributed by atoms with E-state index in [1.54, 1.807) is 0 Å². The molecule has 0 atom stereocenters. The predicted molar refractivity (Wildman–Crippen MR) is 54.8 cm³/mol. The number of ether oxygens (including phenoxy) is 1. The van der Waals surface area contributed by atoms with E-state index in [1.807, 2.05) is 0 Å². The fourth-order valence-corrected chi connectivity index (χ4v) is 1.35. The van der Waals surface area contributed by atoms with Crippen LogP contribution in [0.15, 0.2) is 18.2 Å². The Hall–Kier alpha value is -1.69. The van der Waals surface area contributed by atoms with Gasteiger partial charge in [-0.15, -0.1) is 10.2 Å². The van der Waals surface area contributed by atoms with Gasteiger partial charge >= 0.3 is 0 Å². The number of nitrogens with one attached hydrogen (secondary N) is 1. The summed E-state index contributed by atoms with van der Waals surface area (Å²) < 4.78 is 18.1. The van der Waals surface area contributed by atoms with E-state index in [4.69, 9.17) is 16.3 Å². The minimum absolute atomic E-state index is 0.244. The number of aromatic amines is 1. The van der Waals surface area contributed by atoms with Crippen LogP contribution in [-0.2, 0) is 6.42 Å². The second-order valence-corrected chi connectivity index (χ2v) is 3.41. The number of tetrazole rings is 1. The average Bonchev–Trinajstić information content (AvgIpc) is 2.74. The Balaban J connectivity index is 1.90.